The first-order valence-electron chi connectivity index (χ1n) is 5.88. The molecule has 20 heavy (non-hydrogen) atoms. The average molecular weight is 311 g/mol. The number of nitrogens with one attached hydrogen (secondary N) is 1. The minimum atomic E-state index is -1.60. The second-order valence-electron chi connectivity index (χ2n) is 4.98. The van der Waals surface area contributed by atoms with Gasteiger partial charge in [0, 0.05) is 12.1 Å². The van der Waals surface area contributed by atoms with Crippen LogP contribution in [0.2, 0.25) is 0 Å². The summed E-state index contributed by atoms with van der Waals surface area (Å²) in [4.78, 5) is 11.9. The molecule has 0 aromatic heterocycles. The number of benzene rings is 1. The molecule has 0 aliphatic rings. The summed E-state index contributed by atoms with van der Waals surface area (Å²) in [5.41, 5.74) is 4.60. The number of hydrogen-bond acceptors (Lipinski definition) is 2. The third-order valence-electron chi connectivity index (χ3n) is 3.34. The van der Waals surface area contributed by atoms with E-state index in [1.165, 1.54) is 0 Å². The van der Waals surface area contributed by atoms with Crippen molar-refractivity contribution in [1.82, 2.24) is 5.32 Å². The minimum Gasteiger partial charge on any atom is -0.345 e. The van der Waals surface area contributed by atoms with Crippen molar-refractivity contribution in [3.8, 4) is 0 Å². The molecule has 1 aromatic carbocycles. The van der Waals surface area contributed by atoms with Gasteiger partial charge in [0.1, 0.15) is 0 Å². The van der Waals surface area contributed by atoms with E-state index in [4.69, 9.17) is 5.73 Å². The second-order valence-corrected chi connectivity index (χ2v) is 4.98. The number of carbonyl (C=O) groups excluding carboxylic acids is 1. The molecular formula is C13H18ClF3N2O. The molecule has 0 spiro atoms. The van der Waals surface area contributed by atoms with Crippen LogP contribution < -0.4 is 11.1 Å². The first-order valence-corrected chi connectivity index (χ1v) is 5.88. The van der Waals surface area contributed by atoms with E-state index < -0.39 is 28.9 Å². The number of amides is 1. The fourth-order valence-electron chi connectivity index (χ4n) is 1.45. The van der Waals surface area contributed by atoms with Gasteiger partial charge in [-0.25, -0.2) is 13.2 Å². The van der Waals surface area contributed by atoms with Crippen molar-refractivity contribution >= 4 is 18.3 Å². The van der Waals surface area contributed by atoms with Crippen LogP contribution in [0.15, 0.2) is 12.1 Å². The van der Waals surface area contributed by atoms with Gasteiger partial charge in [0.2, 0.25) is 0 Å². The molecule has 0 saturated carbocycles. The number of rotatable bonds is 4. The lowest BCUT2D eigenvalue weighted by molar-refractivity contribution is 0.0882. The van der Waals surface area contributed by atoms with Crippen LogP contribution in [0.4, 0.5) is 13.2 Å². The summed E-state index contributed by atoms with van der Waals surface area (Å²) in [7, 11) is 0. The predicted octanol–water partition coefficient (Wildman–Crippen LogP) is 2.63. The Morgan fingerprint density at radius 2 is 1.75 bits per heavy atom. The van der Waals surface area contributed by atoms with Crippen molar-refractivity contribution in [3.63, 3.8) is 0 Å². The van der Waals surface area contributed by atoms with E-state index in [9.17, 15) is 18.0 Å². The summed E-state index contributed by atoms with van der Waals surface area (Å²) < 4.78 is 38.9. The molecule has 3 N–H and O–H groups in total. The van der Waals surface area contributed by atoms with Gasteiger partial charge in [-0.1, -0.05) is 13.8 Å². The van der Waals surface area contributed by atoms with Crippen LogP contribution in [0.5, 0.6) is 0 Å². The molecule has 114 valence electrons. The lowest BCUT2D eigenvalue weighted by Gasteiger charge is -2.33. The second kappa shape index (κ2) is 6.95. The van der Waals surface area contributed by atoms with Gasteiger partial charge in [-0.15, -0.1) is 12.4 Å². The Balaban J connectivity index is 0.00000361. The van der Waals surface area contributed by atoms with E-state index in [2.05, 4.69) is 5.32 Å². The van der Waals surface area contributed by atoms with E-state index in [1.807, 2.05) is 13.8 Å². The molecular weight excluding hydrogens is 293 g/mol. The predicted molar refractivity (Wildman–Crippen MR) is 73.3 cm³/mol. The maximum Gasteiger partial charge on any atom is 0.251 e. The highest BCUT2D eigenvalue weighted by Crippen LogP contribution is 2.18. The summed E-state index contributed by atoms with van der Waals surface area (Å²) in [5, 5.41) is 2.61. The van der Waals surface area contributed by atoms with Gasteiger partial charge >= 0.3 is 0 Å². The smallest absolute Gasteiger partial charge is 0.251 e. The Hall–Kier alpha value is -1.27. The number of carbonyl (C=O) groups is 1. The van der Waals surface area contributed by atoms with Crippen molar-refractivity contribution in [1.29, 1.82) is 0 Å². The highest BCUT2D eigenvalue weighted by atomic mass is 35.5. The van der Waals surface area contributed by atoms with Crippen LogP contribution in [0.1, 0.15) is 31.1 Å². The van der Waals surface area contributed by atoms with Crippen molar-refractivity contribution in [2.45, 2.75) is 26.3 Å². The highest BCUT2D eigenvalue weighted by molar-refractivity contribution is 5.94. The average Bonchev–Trinajstić information content (AvgIpc) is 2.34. The van der Waals surface area contributed by atoms with Gasteiger partial charge in [0.15, 0.2) is 17.5 Å². The van der Waals surface area contributed by atoms with Crippen LogP contribution in [0.3, 0.4) is 0 Å². The topological polar surface area (TPSA) is 55.1 Å². The molecule has 0 radical (unpaired) electrons. The Bertz CT molecular complexity index is 473. The third-order valence-corrected chi connectivity index (χ3v) is 3.34. The molecule has 7 heteroatoms. The molecule has 1 amide bonds. The van der Waals surface area contributed by atoms with Gasteiger partial charge in [0.25, 0.3) is 5.91 Å². The summed E-state index contributed by atoms with van der Waals surface area (Å²) in [5.74, 6) is -5.06. The van der Waals surface area contributed by atoms with E-state index in [0.717, 1.165) is 0 Å². The van der Waals surface area contributed by atoms with Crippen molar-refractivity contribution in [3.05, 3.63) is 35.1 Å². The van der Waals surface area contributed by atoms with Gasteiger partial charge in [-0.2, -0.15) is 0 Å². The minimum absolute atomic E-state index is 0. The molecule has 1 atom stereocenters. The maximum absolute atomic E-state index is 13.1. The molecule has 0 fully saturated rings. The molecule has 1 rings (SSSR count). The first kappa shape index (κ1) is 18.7. The maximum atomic E-state index is 13.1. The number of halogens is 4. The molecule has 0 saturated heterocycles. The van der Waals surface area contributed by atoms with Crippen LogP contribution in [-0.4, -0.2) is 18.0 Å². The number of nitrogens with two attached hydrogens (primary N) is 1. The van der Waals surface area contributed by atoms with Gasteiger partial charge in [0.05, 0.1) is 5.54 Å². The Labute approximate surface area is 122 Å². The van der Waals surface area contributed by atoms with Crippen molar-refractivity contribution in [2.75, 3.05) is 6.54 Å². The SMILES string of the molecule is CC(C)C(C)(CN)NC(=O)c1cc(F)c(F)c(F)c1.Cl. The Morgan fingerprint density at radius 1 is 1.30 bits per heavy atom. The van der Waals surface area contributed by atoms with E-state index in [0.29, 0.717) is 12.1 Å². The fourth-order valence-corrected chi connectivity index (χ4v) is 1.45. The number of hydrogen-bond donors (Lipinski definition) is 2. The zero-order valence-electron chi connectivity index (χ0n) is 11.5. The van der Waals surface area contributed by atoms with Gasteiger partial charge in [-0.05, 0) is 25.0 Å². The summed E-state index contributed by atoms with van der Waals surface area (Å²) >= 11 is 0. The quantitative estimate of drug-likeness (QED) is 0.840. The van der Waals surface area contributed by atoms with Gasteiger partial charge in [-0.3, -0.25) is 4.79 Å². The Morgan fingerprint density at radius 3 is 2.10 bits per heavy atom. The summed E-state index contributed by atoms with van der Waals surface area (Å²) in [6, 6.07) is 1.32. The van der Waals surface area contributed by atoms with E-state index >= 15 is 0 Å². The largest absolute Gasteiger partial charge is 0.345 e. The van der Waals surface area contributed by atoms with Gasteiger partial charge < -0.3 is 11.1 Å². The van der Waals surface area contributed by atoms with Crippen molar-refractivity contribution < 1.29 is 18.0 Å². The lowest BCUT2D eigenvalue weighted by atomic mass is 9.88. The van der Waals surface area contributed by atoms with Crippen LogP contribution >= 0.6 is 12.4 Å². The molecule has 3 nitrogen and oxygen atoms in total. The summed E-state index contributed by atoms with van der Waals surface area (Å²) in [6.45, 7) is 5.62. The van der Waals surface area contributed by atoms with Crippen LogP contribution in [0, 0.1) is 23.4 Å². The van der Waals surface area contributed by atoms with Crippen LogP contribution in [0.25, 0.3) is 0 Å². The first-order chi connectivity index (χ1) is 8.71. The monoisotopic (exact) mass is 310 g/mol. The highest BCUT2D eigenvalue weighted by Gasteiger charge is 2.29. The third kappa shape index (κ3) is 3.86. The zero-order valence-corrected chi connectivity index (χ0v) is 12.3. The molecule has 0 heterocycles. The van der Waals surface area contributed by atoms with Crippen molar-refractivity contribution in [2.24, 2.45) is 11.7 Å². The lowest BCUT2D eigenvalue weighted by Crippen LogP contribution is -2.55. The molecule has 1 aromatic rings. The Kier molecular flexibility index (Phi) is 6.50. The molecule has 1 unspecified atom stereocenters. The molecule has 0 aliphatic heterocycles. The van der Waals surface area contributed by atoms with E-state index in [-0.39, 0.29) is 30.4 Å². The molecule has 0 bridgehead atoms. The molecule has 0 aliphatic carbocycles. The summed E-state index contributed by atoms with van der Waals surface area (Å²) in [6.07, 6.45) is 0. The zero-order chi connectivity index (χ0) is 14.8. The van der Waals surface area contributed by atoms with E-state index in [1.54, 1.807) is 6.92 Å². The normalized spacial score (nSPS) is 13.6. The standard InChI is InChI=1S/C13H17F3N2O.ClH/c1-7(2)13(3,6-17)18-12(19)8-4-9(14)11(16)10(15)5-8;/h4-5,7H,6,17H2,1-3H3,(H,18,19);1H. The fraction of sp³-hybridized carbons (Fsp3) is 0.462. The van der Waals surface area contributed by atoms with Crippen LogP contribution in [-0.2, 0) is 0 Å².